The first-order valence-electron chi connectivity index (χ1n) is 4.54. The highest BCUT2D eigenvalue weighted by Crippen LogP contribution is 2.26. The van der Waals surface area contributed by atoms with E-state index in [4.69, 9.17) is 23.2 Å². The maximum absolute atomic E-state index is 6.08. The number of pyridine rings is 1. The van der Waals surface area contributed by atoms with Crippen LogP contribution in [0.1, 0.15) is 0 Å². The van der Waals surface area contributed by atoms with Gasteiger partial charge in [-0.05, 0) is 6.07 Å². The average Bonchev–Trinajstić information content (AvgIpc) is 2.19. The van der Waals surface area contributed by atoms with Crippen molar-refractivity contribution in [1.82, 2.24) is 10.3 Å². The van der Waals surface area contributed by atoms with Crippen LogP contribution in [0.5, 0.6) is 0 Å². The Morgan fingerprint density at radius 3 is 2.64 bits per heavy atom. The lowest BCUT2D eigenvalue weighted by atomic mass is 10.3. The fraction of sp³-hybridized carbons (Fsp3) is 0.444. The summed E-state index contributed by atoms with van der Waals surface area (Å²) in [5.41, 5.74) is 0.970. The summed E-state index contributed by atoms with van der Waals surface area (Å²) in [4.78, 5) is 6.24. The number of rotatable bonds is 1. The highest BCUT2D eigenvalue weighted by molar-refractivity contribution is 6.35. The molecule has 76 valence electrons. The highest BCUT2D eigenvalue weighted by atomic mass is 35.5. The molecule has 1 aromatic rings. The van der Waals surface area contributed by atoms with E-state index < -0.39 is 0 Å². The third-order valence-corrected chi connectivity index (χ3v) is 2.77. The summed E-state index contributed by atoms with van der Waals surface area (Å²) in [7, 11) is 0. The Balaban J connectivity index is 2.22. The lowest BCUT2D eigenvalue weighted by Gasteiger charge is -2.29. The van der Waals surface area contributed by atoms with Crippen molar-refractivity contribution < 1.29 is 0 Å². The van der Waals surface area contributed by atoms with Crippen LogP contribution in [0.15, 0.2) is 12.3 Å². The number of piperazine rings is 1. The summed E-state index contributed by atoms with van der Waals surface area (Å²) in [6, 6.07) is 1.68. The standard InChI is InChI=1S/C9H11Cl2N3/c10-7-5-9(11)13-6-8(7)14-3-1-12-2-4-14/h5-6,12H,1-4H2. The first kappa shape index (κ1) is 10.0. The highest BCUT2D eigenvalue weighted by Gasteiger charge is 2.13. The number of hydrogen-bond donors (Lipinski definition) is 1. The molecule has 0 atom stereocenters. The van der Waals surface area contributed by atoms with E-state index in [-0.39, 0.29) is 0 Å². The molecule has 1 N–H and O–H groups in total. The van der Waals surface area contributed by atoms with E-state index in [0.29, 0.717) is 10.2 Å². The molecule has 1 fully saturated rings. The van der Waals surface area contributed by atoms with Gasteiger partial charge in [0.05, 0.1) is 16.9 Å². The van der Waals surface area contributed by atoms with Crippen LogP contribution in [-0.4, -0.2) is 31.2 Å². The van der Waals surface area contributed by atoms with Gasteiger partial charge in [-0.3, -0.25) is 0 Å². The van der Waals surface area contributed by atoms with Crippen LogP contribution >= 0.6 is 23.2 Å². The van der Waals surface area contributed by atoms with Gasteiger partial charge in [0.1, 0.15) is 5.15 Å². The molecule has 0 aromatic carbocycles. The molecule has 5 heteroatoms. The molecular weight excluding hydrogens is 221 g/mol. The van der Waals surface area contributed by atoms with E-state index in [0.717, 1.165) is 31.9 Å². The molecule has 1 saturated heterocycles. The fourth-order valence-corrected chi connectivity index (χ4v) is 2.02. The molecule has 2 heterocycles. The van der Waals surface area contributed by atoms with Gasteiger partial charge in [0.15, 0.2) is 0 Å². The molecule has 0 saturated carbocycles. The van der Waals surface area contributed by atoms with Crippen LogP contribution in [0.2, 0.25) is 10.2 Å². The second-order valence-electron chi connectivity index (χ2n) is 3.20. The molecule has 1 aliphatic heterocycles. The van der Waals surface area contributed by atoms with Gasteiger partial charge in [-0.1, -0.05) is 23.2 Å². The van der Waals surface area contributed by atoms with Crippen molar-refractivity contribution in [2.75, 3.05) is 31.1 Å². The second-order valence-corrected chi connectivity index (χ2v) is 3.99. The maximum atomic E-state index is 6.08. The first-order chi connectivity index (χ1) is 6.77. The van der Waals surface area contributed by atoms with Crippen molar-refractivity contribution in [3.8, 4) is 0 Å². The number of halogens is 2. The summed E-state index contributed by atoms with van der Waals surface area (Å²) >= 11 is 11.8. The van der Waals surface area contributed by atoms with Crippen molar-refractivity contribution in [2.45, 2.75) is 0 Å². The van der Waals surface area contributed by atoms with Crippen LogP contribution in [-0.2, 0) is 0 Å². The van der Waals surface area contributed by atoms with Gasteiger partial charge in [0, 0.05) is 26.2 Å². The van der Waals surface area contributed by atoms with Crippen LogP contribution < -0.4 is 10.2 Å². The molecule has 0 spiro atoms. The Morgan fingerprint density at radius 2 is 2.00 bits per heavy atom. The summed E-state index contributed by atoms with van der Waals surface area (Å²) < 4.78 is 0. The summed E-state index contributed by atoms with van der Waals surface area (Å²) in [6.45, 7) is 3.89. The zero-order valence-electron chi connectivity index (χ0n) is 7.63. The van der Waals surface area contributed by atoms with Gasteiger partial charge in [-0.15, -0.1) is 0 Å². The molecule has 0 radical (unpaired) electrons. The molecule has 3 nitrogen and oxygen atoms in total. The quantitative estimate of drug-likeness (QED) is 0.748. The molecule has 0 bridgehead atoms. The van der Waals surface area contributed by atoms with Gasteiger partial charge in [0.2, 0.25) is 0 Å². The average molecular weight is 232 g/mol. The molecule has 1 aliphatic rings. The number of nitrogens with zero attached hydrogens (tertiary/aromatic N) is 2. The Morgan fingerprint density at radius 1 is 1.29 bits per heavy atom. The Bertz CT molecular complexity index is 324. The van der Waals surface area contributed by atoms with E-state index in [1.165, 1.54) is 0 Å². The third kappa shape index (κ3) is 2.11. The molecular formula is C9H11Cl2N3. The predicted octanol–water partition coefficient (Wildman–Crippen LogP) is 1.80. The van der Waals surface area contributed by atoms with Gasteiger partial charge in [-0.2, -0.15) is 0 Å². The lowest BCUT2D eigenvalue weighted by Crippen LogP contribution is -2.43. The predicted molar refractivity (Wildman–Crippen MR) is 59.3 cm³/mol. The number of hydrogen-bond acceptors (Lipinski definition) is 3. The van der Waals surface area contributed by atoms with Crippen LogP contribution in [0.25, 0.3) is 0 Å². The lowest BCUT2D eigenvalue weighted by molar-refractivity contribution is 0.589. The number of nitrogens with one attached hydrogen (secondary N) is 1. The molecule has 1 aromatic heterocycles. The molecule has 0 aliphatic carbocycles. The molecule has 2 rings (SSSR count). The number of aromatic nitrogens is 1. The first-order valence-corrected chi connectivity index (χ1v) is 5.29. The Hall–Kier alpha value is -0.510. The summed E-state index contributed by atoms with van der Waals surface area (Å²) in [6.07, 6.45) is 1.73. The van der Waals surface area contributed by atoms with Crippen LogP contribution in [0.4, 0.5) is 5.69 Å². The van der Waals surface area contributed by atoms with Crippen molar-refractivity contribution in [3.05, 3.63) is 22.4 Å². The SMILES string of the molecule is Clc1cc(Cl)c(N2CCNCC2)cn1. The summed E-state index contributed by atoms with van der Waals surface area (Å²) in [5.74, 6) is 0. The topological polar surface area (TPSA) is 28.2 Å². The van der Waals surface area contributed by atoms with E-state index >= 15 is 0 Å². The van der Waals surface area contributed by atoms with E-state index in [9.17, 15) is 0 Å². The van der Waals surface area contributed by atoms with Gasteiger partial charge in [-0.25, -0.2) is 4.98 Å². The maximum Gasteiger partial charge on any atom is 0.130 e. The van der Waals surface area contributed by atoms with Crippen LogP contribution in [0, 0.1) is 0 Å². The normalized spacial score (nSPS) is 17.1. The second kappa shape index (κ2) is 4.34. The minimum atomic E-state index is 0.439. The smallest absolute Gasteiger partial charge is 0.130 e. The summed E-state index contributed by atoms with van der Waals surface area (Å²) in [5, 5.41) is 4.40. The number of anilines is 1. The van der Waals surface area contributed by atoms with Crippen LogP contribution in [0.3, 0.4) is 0 Å². The molecule has 0 unspecified atom stereocenters. The van der Waals surface area contributed by atoms with Crippen molar-refractivity contribution in [1.29, 1.82) is 0 Å². The minimum absolute atomic E-state index is 0.439. The zero-order chi connectivity index (χ0) is 9.97. The van der Waals surface area contributed by atoms with Gasteiger partial charge < -0.3 is 10.2 Å². The zero-order valence-corrected chi connectivity index (χ0v) is 9.15. The monoisotopic (exact) mass is 231 g/mol. The largest absolute Gasteiger partial charge is 0.367 e. The van der Waals surface area contributed by atoms with E-state index in [2.05, 4.69) is 15.2 Å². The minimum Gasteiger partial charge on any atom is -0.367 e. The molecule has 0 amide bonds. The van der Waals surface area contributed by atoms with E-state index in [1.807, 2.05) is 0 Å². The Kier molecular flexibility index (Phi) is 3.11. The van der Waals surface area contributed by atoms with Crippen molar-refractivity contribution in [2.24, 2.45) is 0 Å². The fourth-order valence-electron chi connectivity index (χ4n) is 1.54. The van der Waals surface area contributed by atoms with E-state index in [1.54, 1.807) is 12.3 Å². The van der Waals surface area contributed by atoms with Gasteiger partial charge in [0.25, 0.3) is 0 Å². The van der Waals surface area contributed by atoms with Crippen molar-refractivity contribution >= 4 is 28.9 Å². The molecule has 14 heavy (non-hydrogen) atoms. The van der Waals surface area contributed by atoms with Gasteiger partial charge >= 0.3 is 0 Å². The third-order valence-electron chi connectivity index (χ3n) is 2.26. The van der Waals surface area contributed by atoms with Crippen molar-refractivity contribution in [3.63, 3.8) is 0 Å². The Labute approximate surface area is 93.0 Å².